The molecular weight excluding hydrogens is 302 g/mol. The second kappa shape index (κ2) is 5.16. The van der Waals surface area contributed by atoms with Crippen LogP contribution < -0.4 is 0 Å². The number of benzene rings is 1. The Morgan fingerprint density at radius 3 is 2.71 bits per heavy atom. The molecule has 116 valence electrons. The highest BCUT2D eigenvalue weighted by Crippen LogP contribution is 2.59. The summed E-state index contributed by atoms with van der Waals surface area (Å²) in [5.41, 5.74) is -0.721. The number of piperidine rings is 1. The van der Waals surface area contributed by atoms with Gasteiger partial charge in [0, 0.05) is 18.5 Å². The van der Waals surface area contributed by atoms with Crippen LogP contribution in [-0.2, 0) is 11.6 Å². The average molecular weight is 319 g/mol. The standard InChI is InChI=1S/C15H17F4NS/c16-13-6-10(15(17,18)19)2-3-12(13)14-7-11(14)8-20(9-14)4-1-5-21/h2-3,6,11,21H,1,4-5,7-9H2/t11-,14-/m0/s1. The van der Waals surface area contributed by atoms with Gasteiger partial charge in [-0.2, -0.15) is 25.8 Å². The van der Waals surface area contributed by atoms with Crippen molar-refractivity contribution in [1.82, 2.24) is 4.90 Å². The molecule has 0 unspecified atom stereocenters. The molecule has 6 heteroatoms. The molecule has 0 aromatic heterocycles. The van der Waals surface area contributed by atoms with Crippen LogP contribution in [0.25, 0.3) is 0 Å². The molecule has 2 fully saturated rings. The summed E-state index contributed by atoms with van der Waals surface area (Å²) in [5.74, 6) is 0.468. The van der Waals surface area contributed by atoms with E-state index in [1.165, 1.54) is 6.07 Å². The molecule has 1 aliphatic heterocycles. The van der Waals surface area contributed by atoms with Gasteiger partial charge in [-0.3, -0.25) is 0 Å². The van der Waals surface area contributed by atoms with Crippen molar-refractivity contribution in [3.63, 3.8) is 0 Å². The van der Waals surface area contributed by atoms with Gasteiger partial charge in [-0.15, -0.1) is 0 Å². The number of halogens is 4. The SMILES string of the molecule is Fc1cc(C(F)(F)F)ccc1[C@]12C[C@H]1CN(CCCS)C2. The molecule has 1 aliphatic carbocycles. The normalized spacial score (nSPS) is 28.7. The minimum Gasteiger partial charge on any atom is -0.302 e. The van der Waals surface area contributed by atoms with Crippen molar-refractivity contribution in [3.8, 4) is 0 Å². The fraction of sp³-hybridized carbons (Fsp3) is 0.600. The highest BCUT2D eigenvalue weighted by molar-refractivity contribution is 7.80. The first-order valence-electron chi connectivity index (χ1n) is 7.07. The third kappa shape index (κ3) is 2.68. The first-order valence-corrected chi connectivity index (χ1v) is 7.70. The lowest BCUT2D eigenvalue weighted by Gasteiger charge is -2.21. The maximum Gasteiger partial charge on any atom is 0.416 e. The molecular formula is C15H17F4NS. The van der Waals surface area contributed by atoms with Crippen molar-refractivity contribution in [1.29, 1.82) is 0 Å². The first-order chi connectivity index (χ1) is 9.87. The van der Waals surface area contributed by atoms with Crippen LogP contribution in [-0.4, -0.2) is 30.3 Å². The quantitative estimate of drug-likeness (QED) is 0.654. The number of hydrogen-bond donors (Lipinski definition) is 1. The van der Waals surface area contributed by atoms with Crippen LogP contribution in [0.15, 0.2) is 18.2 Å². The smallest absolute Gasteiger partial charge is 0.302 e. The Labute approximate surface area is 126 Å². The van der Waals surface area contributed by atoms with E-state index in [2.05, 4.69) is 17.5 Å². The monoisotopic (exact) mass is 319 g/mol. The Kier molecular flexibility index (Phi) is 3.72. The van der Waals surface area contributed by atoms with Crippen molar-refractivity contribution in [2.45, 2.75) is 24.4 Å². The topological polar surface area (TPSA) is 3.24 Å². The van der Waals surface area contributed by atoms with Gasteiger partial charge in [0.2, 0.25) is 0 Å². The van der Waals surface area contributed by atoms with Gasteiger partial charge in [0.15, 0.2) is 0 Å². The lowest BCUT2D eigenvalue weighted by molar-refractivity contribution is -0.137. The highest BCUT2D eigenvalue weighted by atomic mass is 32.1. The molecule has 1 nitrogen and oxygen atoms in total. The zero-order chi connectivity index (χ0) is 15.3. The van der Waals surface area contributed by atoms with E-state index in [9.17, 15) is 17.6 Å². The van der Waals surface area contributed by atoms with E-state index >= 15 is 0 Å². The van der Waals surface area contributed by atoms with E-state index in [1.807, 2.05) is 0 Å². The highest BCUT2D eigenvalue weighted by Gasteiger charge is 2.61. The molecule has 0 spiro atoms. The van der Waals surface area contributed by atoms with Crippen molar-refractivity contribution < 1.29 is 17.6 Å². The molecule has 0 amide bonds. The van der Waals surface area contributed by atoms with E-state index in [-0.39, 0.29) is 5.41 Å². The summed E-state index contributed by atoms with van der Waals surface area (Å²) in [6.07, 6.45) is -2.64. The molecule has 1 heterocycles. The van der Waals surface area contributed by atoms with Crippen molar-refractivity contribution in [2.75, 3.05) is 25.4 Å². The number of fused-ring (bicyclic) bond motifs is 1. The summed E-state index contributed by atoms with van der Waals surface area (Å²) in [7, 11) is 0. The van der Waals surface area contributed by atoms with Crippen molar-refractivity contribution in [2.24, 2.45) is 5.92 Å². The predicted octanol–water partition coefficient (Wildman–Crippen LogP) is 3.74. The molecule has 2 atom stereocenters. The molecule has 1 saturated carbocycles. The summed E-state index contributed by atoms with van der Waals surface area (Å²) in [4.78, 5) is 2.27. The Morgan fingerprint density at radius 2 is 2.10 bits per heavy atom. The van der Waals surface area contributed by atoms with Gasteiger partial charge in [0.1, 0.15) is 5.82 Å². The predicted molar refractivity (Wildman–Crippen MR) is 76.1 cm³/mol. The fourth-order valence-corrected chi connectivity index (χ4v) is 3.71. The van der Waals surface area contributed by atoms with E-state index in [0.29, 0.717) is 17.5 Å². The van der Waals surface area contributed by atoms with Crippen molar-refractivity contribution >= 4 is 12.6 Å². The Bertz CT molecular complexity index is 545. The summed E-state index contributed by atoms with van der Waals surface area (Å²) in [5, 5.41) is 0. The summed E-state index contributed by atoms with van der Waals surface area (Å²) < 4.78 is 52.0. The minimum absolute atomic E-state index is 0.259. The van der Waals surface area contributed by atoms with Crippen LogP contribution in [0.2, 0.25) is 0 Å². The maximum absolute atomic E-state index is 14.2. The fourth-order valence-electron chi connectivity index (χ4n) is 3.56. The number of rotatable bonds is 4. The zero-order valence-electron chi connectivity index (χ0n) is 11.5. The van der Waals surface area contributed by atoms with Crippen LogP contribution in [0.5, 0.6) is 0 Å². The molecule has 0 N–H and O–H groups in total. The molecule has 1 aromatic rings. The molecule has 0 radical (unpaired) electrons. The molecule has 3 rings (SSSR count). The minimum atomic E-state index is -4.49. The summed E-state index contributed by atoms with van der Waals surface area (Å²) in [6.45, 7) is 2.58. The first kappa shape index (κ1) is 15.2. The number of thiol groups is 1. The number of alkyl halides is 3. The van der Waals surface area contributed by atoms with Crippen molar-refractivity contribution in [3.05, 3.63) is 35.1 Å². The van der Waals surface area contributed by atoms with Crippen LogP contribution in [0.3, 0.4) is 0 Å². The molecule has 2 aliphatic rings. The average Bonchev–Trinajstić information content (AvgIpc) is 2.98. The van der Waals surface area contributed by atoms with E-state index in [1.54, 1.807) is 0 Å². The van der Waals surface area contributed by atoms with Gasteiger partial charge in [0.25, 0.3) is 0 Å². The van der Waals surface area contributed by atoms with E-state index < -0.39 is 17.6 Å². The third-order valence-electron chi connectivity index (χ3n) is 4.68. The second-order valence-corrected chi connectivity index (χ2v) is 6.51. The number of likely N-dealkylation sites (tertiary alicyclic amines) is 1. The lowest BCUT2D eigenvalue weighted by Crippen LogP contribution is -2.28. The van der Waals surface area contributed by atoms with Gasteiger partial charge < -0.3 is 4.90 Å². The molecule has 1 saturated heterocycles. The summed E-state index contributed by atoms with van der Waals surface area (Å²) >= 11 is 4.18. The molecule has 0 bridgehead atoms. The maximum atomic E-state index is 14.2. The molecule has 21 heavy (non-hydrogen) atoms. The van der Waals surface area contributed by atoms with Gasteiger partial charge in [-0.25, -0.2) is 4.39 Å². The number of hydrogen-bond acceptors (Lipinski definition) is 2. The Balaban J connectivity index is 1.79. The molecule has 1 aromatic carbocycles. The number of nitrogens with zero attached hydrogens (tertiary/aromatic N) is 1. The Hall–Kier alpha value is -0.750. The third-order valence-corrected chi connectivity index (χ3v) is 5.00. The van der Waals surface area contributed by atoms with Gasteiger partial charge in [0.05, 0.1) is 5.56 Å². The van der Waals surface area contributed by atoms with Crippen LogP contribution in [0.4, 0.5) is 17.6 Å². The van der Waals surface area contributed by atoms with Gasteiger partial charge >= 0.3 is 6.18 Å². The van der Waals surface area contributed by atoms with E-state index in [0.717, 1.165) is 44.3 Å². The lowest BCUT2D eigenvalue weighted by atomic mass is 9.93. The van der Waals surface area contributed by atoms with Crippen LogP contribution in [0.1, 0.15) is 24.0 Å². The zero-order valence-corrected chi connectivity index (χ0v) is 12.4. The second-order valence-electron chi connectivity index (χ2n) is 6.06. The van der Waals surface area contributed by atoms with Gasteiger partial charge in [-0.05, 0) is 48.8 Å². The van der Waals surface area contributed by atoms with E-state index in [4.69, 9.17) is 0 Å². The van der Waals surface area contributed by atoms with Crippen LogP contribution >= 0.6 is 12.6 Å². The van der Waals surface area contributed by atoms with Gasteiger partial charge in [-0.1, -0.05) is 6.07 Å². The Morgan fingerprint density at radius 1 is 1.33 bits per heavy atom. The largest absolute Gasteiger partial charge is 0.416 e. The summed E-state index contributed by atoms with van der Waals surface area (Å²) in [6, 6.07) is 2.97. The van der Waals surface area contributed by atoms with Crippen LogP contribution in [0, 0.1) is 11.7 Å².